The second-order valence-electron chi connectivity index (χ2n) is 4.27. The molecule has 1 heterocycles. The van der Waals surface area contributed by atoms with E-state index in [1.54, 1.807) is 0 Å². The average molecular weight is 231 g/mol. The smallest absolute Gasteiger partial charge is 0.231 e. The summed E-state index contributed by atoms with van der Waals surface area (Å²) in [5, 5.41) is 3.99. The van der Waals surface area contributed by atoms with Crippen molar-refractivity contribution >= 4 is 5.69 Å². The Bertz CT molecular complexity index is 476. The maximum absolute atomic E-state index is 5.63. The number of benzene rings is 1. The fraction of sp³-hybridized carbons (Fsp3) is 0.385. The third kappa shape index (κ3) is 2.84. The Morgan fingerprint density at radius 3 is 2.65 bits per heavy atom. The van der Waals surface area contributed by atoms with Gasteiger partial charge in [0.05, 0.1) is 6.42 Å². The largest absolute Gasteiger partial charge is 0.399 e. The molecular formula is C13H17N3O. The van der Waals surface area contributed by atoms with E-state index in [1.807, 2.05) is 24.3 Å². The lowest BCUT2D eigenvalue weighted by Crippen LogP contribution is -1.95. The summed E-state index contributed by atoms with van der Waals surface area (Å²) in [6, 6.07) is 7.70. The molecule has 0 amide bonds. The zero-order valence-corrected chi connectivity index (χ0v) is 10.2. The molecular weight excluding hydrogens is 214 g/mol. The first-order chi connectivity index (χ1) is 8.19. The number of nitrogen functional groups attached to an aromatic ring is 1. The van der Waals surface area contributed by atoms with Gasteiger partial charge in [-0.05, 0) is 24.1 Å². The Hall–Kier alpha value is -1.84. The summed E-state index contributed by atoms with van der Waals surface area (Å²) >= 11 is 0. The number of nitrogens with zero attached hydrogens (tertiary/aromatic N) is 2. The topological polar surface area (TPSA) is 64.9 Å². The third-order valence-electron chi connectivity index (χ3n) is 2.87. The van der Waals surface area contributed by atoms with E-state index in [0.717, 1.165) is 23.5 Å². The Morgan fingerprint density at radius 1 is 1.29 bits per heavy atom. The highest BCUT2D eigenvalue weighted by atomic mass is 16.5. The molecule has 0 spiro atoms. The summed E-state index contributed by atoms with van der Waals surface area (Å²) in [5.41, 5.74) is 7.52. The minimum absolute atomic E-state index is 0.346. The van der Waals surface area contributed by atoms with Gasteiger partial charge in [-0.3, -0.25) is 0 Å². The van der Waals surface area contributed by atoms with E-state index >= 15 is 0 Å². The van der Waals surface area contributed by atoms with Crippen LogP contribution in [0.4, 0.5) is 5.69 Å². The van der Waals surface area contributed by atoms with Gasteiger partial charge >= 0.3 is 0 Å². The molecule has 0 aliphatic rings. The SMILES string of the molecule is CCC(C)c1noc(Cc2ccc(N)cc2)n1. The summed E-state index contributed by atoms with van der Waals surface area (Å²) in [4.78, 5) is 4.39. The molecule has 0 fully saturated rings. The van der Waals surface area contributed by atoms with Crippen LogP contribution in [0.1, 0.15) is 43.5 Å². The number of hydrogen-bond acceptors (Lipinski definition) is 4. The van der Waals surface area contributed by atoms with Crippen molar-refractivity contribution in [2.75, 3.05) is 5.73 Å². The second kappa shape index (κ2) is 4.99. The summed E-state index contributed by atoms with van der Waals surface area (Å²) in [6.07, 6.45) is 1.67. The molecule has 2 rings (SSSR count). The number of rotatable bonds is 4. The van der Waals surface area contributed by atoms with Crippen LogP contribution in [0.5, 0.6) is 0 Å². The first kappa shape index (κ1) is 11.6. The standard InChI is InChI=1S/C13H17N3O/c1-3-9(2)13-15-12(17-16-13)8-10-4-6-11(14)7-5-10/h4-7,9H,3,8,14H2,1-2H3. The molecule has 4 nitrogen and oxygen atoms in total. The van der Waals surface area contributed by atoms with Crippen LogP contribution in [-0.2, 0) is 6.42 Å². The maximum atomic E-state index is 5.63. The van der Waals surface area contributed by atoms with Crippen LogP contribution in [0.25, 0.3) is 0 Å². The molecule has 0 saturated heterocycles. The Kier molecular flexibility index (Phi) is 3.42. The van der Waals surface area contributed by atoms with Gasteiger partial charge in [0.25, 0.3) is 0 Å². The zero-order chi connectivity index (χ0) is 12.3. The highest BCUT2D eigenvalue weighted by Gasteiger charge is 2.12. The van der Waals surface area contributed by atoms with E-state index in [-0.39, 0.29) is 0 Å². The molecule has 17 heavy (non-hydrogen) atoms. The lowest BCUT2D eigenvalue weighted by molar-refractivity contribution is 0.376. The minimum Gasteiger partial charge on any atom is -0.399 e. The molecule has 0 bridgehead atoms. The van der Waals surface area contributed by atoms with Crippen LogP contribution in [0.15, 0.2) is 28.8 Å². The Labute approximate surface area is 101 Å². The van der Waals surface area contributed by atoms with Gasteiger partial charge in [-0.1, -0.05) is 31.1 Å². The Balaban J connectivity index is 2.08. The average Bonchev–Trinajstić information content (AvgIpc) is 2.80. The number of hydrogen-bond donors (Lipinski definition) is 1. The lowest BCUT2D eigenvalue weighted by atomic mass is 10.1. The number of aromatic nitrogens is 2. The van der Waals surface area contributed by atoms with E-state index in [2.05, 4.69) is 24.0 Å². The maximum Gasteiger partial charge on any atom is 0.231 e. The first-order valence-corrected chi connectivity index (χ1v) is 5.86. The number of nitrogens with two attached hydrogens (primary N) is 1. The van der Waals surface area contributed by atoms with E-state index in [9.17, 15) is 0 Å². The summed E-state index contributed by atoms with van der Waals surface area (Å²) in [7, 11) is 0. The van der Waals surface area contributed by atoms with Crippen LogP contribution in [0.2, 0.25) is 0 Å². The van der Waals surface area contributed by atoms with E-state index in [1.165, 1.54) is 0 Å². The van der Waals surface area contributed by atoms with E-state index < -0.39 is 0 Å². The van der Waals surface area contributed by atoms with E-state index in [0.29, 0.717) is 18.2 Å². The van der Waals surface area contributed by atoms with Gasteiger partial charge in [-0.15, -0.1) is 0 Å². The van der Waals surface area contributed by atoms with Crippen molar-refractivity contribution in [2.45, 2.75) is 32.6 Å². The molecule has 0 aliphatic carbocycles. The van der Waals surface area contributed by atoms with Gasteiger partial charge in [0.15, 0.2) is 5.82 Å². The van der Waals surface area contributed by atoms with Crippen LogP contribution >= 0.6 is 0 Å². The molecule has 0 saturated carbocycles. The third-order valence-corrected chi connectivity index (χ3v) is 2.87. The highest BCUT2D eigenvalue weighted by Crippen LogP contribution is 2.16. The van der Waals surface area contributed by atoms with Crippen molar-refractivity contribution in [2.24, 2.45) is 0 Å². The van der Waals surface area contributed by atoms with Crippen LogP contribution < -0.4 is 5.73 Å². The van der Waals surface area contributed by atoms with Crippen LogP contribution in [0, 0.1) is 0 Å². The van der Waals surface area contributed by atoms with Gasteiger partial charge in [-0.25, -0.2) is 0 Å². The Morgan fingerprint density at radius 2 is 2.00 bits per heavy atom. The van der Waals surface area contributed by atoms with Crippen molar-refractivity contribution in [1.82, 2.24) is 10.1 Å². The molecule has 2 aromatic rings. The van der Waals surface area contributed by atoms with Crippen LogP contribution in [-0.4, -0.2) is 10.1 Å². The van der Waals surface area contributed by atoms with Crippen LogP contribution in [0.3, 0.4) is 0 Å². The van der Waals surface area contributed by atoms with Crippen molar-refractivity contribution in [3.8, 4) is 0 Å². The van der Waals surface area contributed by atoms with Gasteiger partial charge < -0.3 is 10.3 Å². The number of anilines is 1. The predicted molar refractivity (Wildman–Crippen MR) is 66.7 cm³/mol. The summed E-state index contributed by atoms with van der Waals surface area (Å²) < 4.78 is 5.23. The normalized spacial score (nSPS) is 12.6. The lowest BCUT2D eigenvalue weighted by Gasteiger charge is -1.99. The first-order valence-electron chi connectivity index (χ1n) is 5.86. The van der Waals surface area contributed by atoms with Crippen molar-refractivity contribution in [3.63, 3.8) is 0 Å². The fourth-order valence-electron chi connectivity index (χ4n) is 1.53. The quantitative estimate of drug-likeness (QED) is 0.822. The molecule has 0 aliphatic heterocycles. The minimum atomic E-state index is 0.346. The van der Waals surface area contributed by atoms with Gasteiger partial charge in [-0.2, -0.15) is 4.98 Å². The summed E-state index contributed by atoms with van der Waals surface area (Å²) in [6.45, 7) is 4.21. The van der Waals surface area contributed by atoms with Crippen molar-refractivity contribution in [3.05, 3.63) is 41.5 Å². The molecule has 1 aromatic heterocycles. The molecule has 90 valence electrons. The van der Waals surface area contributed by atoms with Crippen molar-refractivity contribution < 1.29 is 4.52 Å². The highest BCUT2D eigenvalue weighted by molar-refractivity contribution is 5.39. The van der Waals surface area contributed by atoms with Gasteiger partial charge in [0, 0.05) is 11.6 Å². The summed E-state index contributed by atoms with van der Waals surface area (Å²) in [5.74, 6) is 1.79. The fourth-order valence-corrected chi connectivity index (χ4v) is 1.53. The van der Waals surface area contributed by atoms with Crippen molar-refractivity contribution in [1.29, 1.82) is 0 Å². The van der Waals surface area contributed by atoms with Gasteiger partial charge in [0.2, 0.25) is 5.89 Å². The molecule has 4 heteroatoms. The molecule has 1 atom stereocenters. The molecule has 0 radical (unpaired) electrons. The molecule has 2 N–H and O–H groups in total. The zero-order valence-electron chi connectivity index (χ0n) is 10.2. The molecule has 1 aromatic carbocycles. The predicted octanol–water partition coefficient (Wildman–Crippen LogP) is 2.76. The molecule has 1 unspecified atom stereocenters. The van der Waals surface area contributed by atoms with E-state index in [4.69, 9.17) is 10.3 Å². The monoisotopic (exact) mass is 231 g/mol. The van der Waals surface area contributed by atoms with Gasteiger partial charge in [0.1, 0.15) is 0 Å². The second-order valence-corrected chi connectivity index (χ2v) is 4.27.